The van der Waals surface area contributed by atoms with Crippen LogP contribution in [0, 0.1) is 6.92 Å². The van der Waals surface area contributed by atoms with E-state index in [2.05, 4.69) is 15.6 Å². The van der Waals surface area contributed by atoms with E-state index < -0.39 is 20.2 Å². The van der Waals surface area contributed by atoms with Crippen LogP contribution in [0.15, 0.2) is 21.5 Å². The standard InChI is InChI=1S/C16H29N3O4S.HI/c1-7-17-14(18-10-15(3,4)24(6,21)22)19-11-16(5,20)13-9-8-12(2)23-13;/h8-9,20H,7,10-11H2,1-6H3,(H2,17,18,19);1H. The summed E-state index contributed by atoms with van der Waals surface area (Å²) in [6.45, 7) is 9.54. The van der Waals surface area contributed by atoms with Gasteiger partial charge in [-0.05, 0) is 46.8 Å². The van der Waals surface area contributed by atoms with Crippen molar-refractivity contribution in [2.75, 3.05) is 25.9 Å². The van der Waals surface area contributed by atoms with Crippen LogP contribution in [0.25, 0.3) is 0 Å². The second-order valence-corrected chi connectivity index (χ2v) is 9.41. The number of nitrogens with zero attached hydrogens (tertiary/aromatic N) is 1. The number of hydrogen-bond donors (Lipinski definition) is 3. The third-order valence-electron chi connectivity index (χ3n) is 3.84. The molecule has 0 amide bonds. The largest absolute Gasteiger partial charge is 0.463 e. The predicted molar refractivity (Wildman–Crippen MR) is 111 cm³/mol. The van der Waals surface area contributed by atoms with Crippen LogP contribution in [0.1, 0.15) is 39.2 Å². The Labute approximate surface area is 167 Å². The van der Waals surface area contributed by atoms with E-state index in [1.165, 1.54) is 6.26 Å². The minimum atomic E-state index is -3.22. The monoisotopic (exact) mass is 487 g/mol. The molecule has 0 bridgehead atoms. The maximum absolute atomic E-state index is 11.8. The Hall–Kier alpha value is -0.810. The minimum absolute atomic E-state index is 0. The average Bonchev–Trinajstić information content (AvgIpc) is 2.88. The molecule has 3 N–H and O–H groups in total. The molecule has 146 valence electrons. The summed E-state index contributed by atoms with van der Waals surface area (Å²) in [7, 11) is -3.22. The molecule has 9 heteroatoms. The lowest BCUT2D eigenvalue weighted by Gasteiger charge is -2.24. The molecular weight excluding hydrogens is 457 g/mol. The number of aliphatic imine (C=N–C) groups is 1. The van der Waals surface area contributed by atoms with Gasteiger partial charge in [-0.1, -0.05) is 0 Å². The van der Waals surface area contributed by atoms with Gasteiger partial charge in [0.2, 0.25) is 0 Å². The lowest BCUT2D eigenvalue weighted by atomic mass is 10.0. The first-order valence-corrected chi connectivity index (χ1v) is 9.79. The minimum Gasteiger partial charge on any atom is -0.463 e. The van der Waals surface area contributed by atoms with Crippen molar-refractivity contribution >= 4 is 39.8 Å². The summed E-state index contributed by atoms with van der Waals surface area (Å²) in [6, 6.07) is 3.52. The van der Waals surface area contributed by atoms with Crippen molar-refractivity contribution in [2.24, 2.45) is 4.99 Å². The first kappa shape index (κ1) is 24.2. The van der Waals surface area contributed by atoms with Crippen molar-refractivity contribution < 1.29 is 17.9 Å². The lowest BCUT2D eigenvalue weighted by Crippen LogP contribution is -2.45. The molecule has 0 aromatic carbocycles. The smallest absolute Gasteiger partial charge is 0.191 e. The molecule has 0 spiro atoms. The number of furan rings is 1. The van der Waals surface area contributed by atoms with Gasteiger partial charge in [-0.2, -0.15) is 0 Å². The molecular formula is C16H30IN3O4S. The van der Waals surface area contributed by atoms with E-state index >= 15 is 0 Å². The summed E-state index contributed by atoms with van der Waals surface area (Å²) < 4.78 is 28.0. The molecule has 1 atom stereocenters. The molecule has 0 saturated heterocycles. The molecule has 1 rings (SSSR count). The average molecular weight is 487 g/mol. The van der Waals surface area contributed by atoms with Gasteiger partial charge in [0.25, 0.3) is 0 Å². The Morgan fingerprint density at radius 3 is 2.32 bits per heavy atom. The van der Waals surface area contributed by atoms with Crippen LogP contribution >= 0.6 is 24.0 Å². The summed E-state index contributed by atoms with van der Waals surface area (Å²) in [5, 5.41) is 16.6. The van der Waals surface area contributed by atoms with E-state index in [1.54, 1.807) is 32.9 Å². The van der Waals surface area contributed by atoms with Crippen molar-refractivity contribution in [3.63, 3.8) is 0 Å². The Kier molecular flexibility index (Phi) is 8.92. The number of hydrogen-bond acceptors (Lipinski definition) is 5. The zero-order valence-electron chi connectivity index (χ0n) is 15.7. The topological polar surface area (TPSA) is 104 Å². The highest BCUT2D eigenvalue weighted by Gasteiger charge is 2.30. The Bertz CT molecular complexity index is 681. The Morgan fingerprint density at radius 1 is 1.28 bits per heavy atom. The summed E-state index contributed by atoms with van der Waals surface area (Å²) in [5.41, 5.74) is -1.21. The zero-order valence-corrected chi connectivity index (χ0v) is 18.9. The SMILES string of the molecule is CCNC(=NCC(C)(C)S(C)(=O)=O)NCC(C)(O)c1ccc(C)o1.I. The highest BCUT2D eigenvalue weighted by Crippen LogP contribution is 2.22. The number of nitrogens with one attached hydrogen (secondary N) is 2. The molecule has 1 aromatic rings. The van der Waals surface area contributed by atoms with Gasteiger partial charge in [0.05, 0.1) is 17.8 Å². The van der Waals surface area contributed by atoms with E-state index in [4.69, 9.17) is 4.42 Å². The number of halogens is 1. The van der Waals surface area contributed by atoms with E-state index in [-0.39, 0.29) is 37.1 Å². The summed E-state index contributed by atoms with van der Waals surface area (Å²) in [4.78, 5) is 4.33. The molecule has 1 unspecified atom stereocenters. The van der Waals surface area contributed by atoms with E-state index in [0.717, 1.165) is 5.76 Å². The first-order chi connectivity index (χ1) is 10.9. The number of aliphatic hydroxyl groups is 1. The quantitative estimate of drug-likeness (QED) is 0.308. The third-order valence-corrected chi connectivity index (χ3v) is 5.97. The molecule has 0 aliphatic carbocycles. The molecule has 0 aliphatic heterocycles. The van der Waals surface area contributed by atoms with Gasteiger partial charge >= 0.3 is 0 Å². The van der Waals surface area contributed by atoms with Crippen LogP contribution in [0.2, 0.25) is 0 Å². The number of guanidine groups is 1. The van der Waals surface area contributed by atoms with Gasteiger partial charge < -0.3 is 20.2 Å². The van der Waals surface area contributed by atoms with Gasteiger partial charge in [-0.25, -0.2) is 8.42 Å². The fourth-order valence-electron chi connectivity index (χ4n) is 1.80. The van der Waals surface area contributed by atoms with E-state index in [9.17, 15) is 13.5 Å². The predicted octanol–water partition coefficient (Wildman–Crippen LogP) is 1.79. The van der Waals surface area contributed by atoms with E-state index in [0.29, 0.717) is 18.3 Å². The van der Waals surface area contributed by atoms with Gasteiger partial charge in [-0.15, -0.1) is 24.0 Å². The highest BCUT2D eigenvalue weighted by molar-refractivity contribution is 14.0. The number of sulfone groups is 1. The van der Waals surface area contributed by atoms with Crippen LogP contribution in [0.4, 0.5) is 0 Å². The maximum Gasteiger partial charge on any atom is 0.191 e. The third kappa shape index (κ3) is 7.14. The summed E-state index contributed by atoms with van der Waals surface area (Å²) >= 11 is 0. The van der Waals surface area contributed by atoms with Crippen LogP contribution in [-0.4, -0.2) is 50.1 Å². The molecule has 1 aromatic heterocycles. The normalized spacial score (nSPS) is 15.2. The van der Waals surface area contributed by atoms with Crippen LogP contribution < -0.4 is 10.6 Å². The van der Waals surface area contributed by atoms with Gasteiger partial charge in [0, 0.05) is 12.8 Å². The Balaban J connectivity index is 0.00000576. The van der Waals surface area contributed by atoms with Gasteiger partial charge in [0.15, 0.2) is 15.8 Å². The maximum atomic E-state index is 11.8. The molecule has 0 fully saturated rings. The van der Waals surface area contributed by atoms with Crippen molar-refractivity contribution in [2.45, 2.75) is 45.0 Å². The van der Waals surface area contributed by atoms with Crippen molar-refractivity contribution in [1.82, 2.24) is 10.6 Å². The second kappa shape index (κ2) is 9.22. The fourth-order valence-corrected chi connectivity index (χ4v) is 2.09. The van der Waals surface area contributed by atoms with Crippen molar-refractivity contribution in [1.29, 1.82) is 0 Å². The van der Waals surface area contributed by atoms with Crippen LogP contribution in [0.5, 0.6) is 0 Å². The zero-order chi connectivity index (χ0) is 18.6. The van der Waals surface area contributed by atoms with Crippen LogP contribution in [-0.2, 0) is 15.4 Å². The molecule has 25 heavy (non-hydrogen) atoms. The van der Waals surface area contributed by atoms with Crippen molar-refractivity contribution in [3.8, 4) is 0 Å². The second-order valence-electron chi connectivity index (χ2n) is 6.76. The number of rotatable bonds is 7. The van der Waals surface area contributed by atoms with Crippen LogP contribution in [0.3, 0.4) is 0 Å². The first-order valence-electron chi connectivity index (χ1n) is 7.90. The Morgan fingerprint density at radius 2 is 1.88 bits per heavy atom. The summed E-state index contributed by atoms with van der Waals surface area (Å²) in [6.07, 6.45) is 1.20. The number of aryl methyl sites for hydroxylation is 1. The van der Waals surface area contributed by atoms with Gasteiger partial charge in [0.1, 0.15) is 17.1 Å². The van der Waals surface area contributed by atoms with Gasteiger partial charge in [-0.3, -0.25) is 4.99 Å². The molecule has 0 radical (unpaired) electrons. The highest BCUT2D eigenvalue weighted by atomic mass is 127. The van der Waals surface area contributed by atoms with Crippen molar-refractivity contribution in [3.05, 3.63) is 23.7 Å². The fraction of sp³-hybridized carbons (Fsp3) is 0.688. The molecule has 7 nitrogen and oxygen atoms in total. The summed E-state index contributed by atoms with van der Waals surface area (Å²) in [5.74, 6) is 1.62. The molecule has 1 heterocycles. The van der Waals surface area contributed by atoms with E-state index in [1.807, 2.05) is 13.8 Å². The molecule has 0 saturated carbocycles. The molecule has 0 aliphatic rings. The lowest BCUT2D eigenvalue weighted by molar-refractivity contribution is 0.0378.